The second-order valence-corrected chi connectivity index (χ2v) is 3.41. The Balaban J connectivity index is 3.16. The summed E-state index contributed by atoms with van der Waals surface area (Å²) in [7, 11) is 2.74. The molecule has 0 bridgehead atoms. The molecule has 0 radical (unpaired) electrons. The third kappa shape index (κ3) is 2.18. The lowest BCUT2D eigenvalue weighted by molar-refractivity contribution is -0.141. The van der Waals surface area contributed by atoms with E-state index in [1.54, 1.807) is 13.0 Å². The van der Waals surface area contributed by atoms with Gasteiger partial charge in [-0.05, 0) is 24.6 Å². The fourth-order valence-corrected chi connectivity index (χ4v) is 1.37. The molecular weight excluding hydrogens is 210 g/mol. The number of esters is 1. The van der Waals surface area contributed by atoms with Crippen molar-refractivity contribution in [1.82, 2.24) is 0 Å². The first-order valence-electron chi connectivity index (χ1n) is 4.75. The molecule has 1 atom stereocenters. The summed E-state index contributed by atoms with van der Waals surface area (Å²) < 4.78 is 9.57. The van der Waals surface area contributed by atoms with Crippen LogP contribution in [0.15, 0.2) is 12.1 Å². The van der Waals surface area contributed by atoms with Crippen molar-refractivity contribution in [3.05, 3.63) is 17.7 Å². The number of hydrogen-bond donors (Lipinski definition) is 2. The molecule has 0 heterocycles. The van der Waals surface area contributed by atoms with Crippen molar-refractivity contribution in [3.8, 4) is 11.5 Å². The van der Waals surface area contributed by atoms with Gasteiger partial charge in [-0.15, -0.1) is 0 Å². The van der Waals surface area contributed by atoms with E-state index in [9.17, 15) is 9.90 Å². The maximum atomic E-state index is 11.3. The molecule has 0 aliphatic carbocycles. The van der Waals surface area contributed by atoms with Crippen molar-refractivity contribution < 1.29 is 19.4 Å². The monoisotopic (exact) mass is 225 g/mol. The van der Waals surface area contributed by atoms with E-state index in [2.05, 4.69) is 4.74 Å². The lowest BCUT2D eigenvalue weighted by atomic mass is 10.00. The summed E-state index contributed by atoms with van der Waals surface area (Å²) in [5.41, 5.74) is 6.40. The van der Waals surface area contributed by atoms with Gasteiger partial charge < -0.3 is 20.3 Å². The molecular formula is C11H15NO4. The van der Waals surface area contributed by atoms with Crippen LogP contribution in [0.2, 0.25) is 0 Å². The van der Waals surface area contributed by atoms with Gasteiger partial charge in [-0.25, -0.2) is 0 Å². The number of anilines is 1. The van der Waals surface area contributed by atoms with Crippen LogP contribution in [0.3, 0.4) is 0 Å². The van der Waals surface area contributed by atoms with E-state index in [-0.39, 0.29) is 23.2 Å². The maximum Gasteiger partial charge on any atom is 0.312 e. The van der Waals surface area contributed by atoms with Gasteiger partial charge in [0, 0.05) is 0 Å². The van der Waals surface area contributed by atoms with E-state index in [4.69, 9.17) is 10.5 Å². The molecule has 1 aromatic carbocycles. The Morgan fingerprint density at radius 1 is 1.44 bits per heavy atom. The minimum Gasteiger partial charge on any atom is -0.503 e. The molecule has 5 nitrogen and oxygen atoms in total. The molecule has 0 fully saturated rings. The highest BCUT2D eigenvalue weighted by atomic mass is 16.5. The van der Waals surface area contributed by atoms with Gasteiger partial charge in [0.1, 0.15) is 0 Å². The summed E-state index contributed by atoms with van der Waals surface area (Å²) in [6.07, 6.45) is 0. The predicted octanol–water partition coefficient (Wildman–Crippen LogP) is 1.26. The van der Waals surface area contributed by atoms with Gasteiger partial charge >= 0.3 is 5.97 Å². The SMILES string of the molecule is COC(=O)C(C)c1cc(N)c(O)c(OC)c1. The van der Waals surface area contributed by atoms with E-state index in [0.717, 1.165) is 0 Å². The first-order valence-corrected chi connectivity index (χ1v) is 4.75. The van der Waals surface area contributed by atoms with E-state index < -0.39 is 5.92 Å². The molecule has 1 unspecified atom stereocenters. The molecule has 5 heteroatoms. The number of phenolic OH excluding ortho intramolecular Hbond substituents is 1. The van der Waals surface area contributed by atoms with Crippen molar-refractivity contribution in [2.45, 2.75) is 12.8 Å². The molecule has 0 aliphatic rings. The average Bonchev–Trinajstić information content (AvgIpc) is 2.30. The summed E-state index contributed by atoms with van der Waals surface area (Å²) in [6.45, 7) is 1.69. The molecule has 88 valence electrons. The summed E-state index contributed by atoms with van der Waals surface area (Å²) in [4.78, 5) is 11.3. The smallest absolute Gasteiger partial charge is 0.312 e. The quantitative estimate of drug-likeness (QED) is 0.459. The number of carbonyl (C=O) groups is 1. The Hall–Kier alpha value is -1.91. The van der Waals surface area contributed by atoms with Crippen LogP contribution in [0.5, 0.6) is 11.5 Å². The number of phenols is 1. The number of ether oxygens (including phenoxy) is 2. The lowest BCUT2D eigenvalue weighted by Crippen LogP contribution is -2.11. The van der Waals surface area contributed by atoms with Gasteiger partial charge in [0.05, 0.1) is 25.8 Å². The number of nitrogen functional groups attached to an aromatic ring is 1. The molecule has 1 aromatic rings. The number of carbonyl (C=O) groups excluding carboxylic acids is 1. The second-order valence-electron chi connectivity index (χ2n) is 3.41. The van der Waals surface area contributed by atoms with Gasteiger partial charge in [-0.2, -0.15) is 0 Å². The first-order chi connectivity index (χ1) is 7.51. The molecule has 0 amide bonds. The third-order valence-electron chi connectivity index (χ3n) is 2.40. The fraction of sp³-hybridized carbons (Fsp3) is 0.364. The summed E-state index contributed by atoms with van der Waals surface area (Å²) in [6, 6.07) is 3.09. The van der Waals surface area contributed by atoms with Crippen molar-refractivity contribution in [1.29, 1.82) is 0 Å². The van der Waals surface area contributed by atoms with Crippen molar-refractivity contribution in [3.63, 3.8) is 0 Å². The first kappa shape index (κ1) is 12.2. The van der Waals surface area contributed by atoms with Crippen LogP contribution in [0.1, 0.15) is 18.4 Å². The highest BCUT2D eigenvalue weighted by Gasteiger charge is 2.19. The topological polar surface area (TPSA) is 81.8 Å². The zero-order valence-corrected chi connectivity index (χ0v) is 9.48. The van der Waals surface area contributed by atoms with Crippen LogP contribution < -0.4 is 10.5 Å². The number of methoxy groups -OCH3 is 2. The Labute approximate surface area is 93.8 Å². The number of hydrogen-bond acceptors (Lipinski definition) is 5. The van der Waals surface area contributed by atoms with Crippen LogP contribution in [0, 0.1) is 0 Å². The van der Waals surface area contributed by atoms with Crippen LogP contribution in [-0.2, 0) is 9.53 Å². The number of nitrogens with two attached hydrogens (primary N) is 1. The Kier molecular flexibility index (Phi) is 3.60. The minimum atomic E-state index is -0.457. The van der Waals surface area contributed by atoms with Gasteiger partial charge in [-0.3, -0.25) is 4.79 Å². The van der Waals surface area contributed by atoms with Crippen LogP contribution >= 0.6 is 0 Å². The van der Waals surface area contributed by atoms with Crippen molar-refractivity contribution in [2.24, 2.45) is 0 Å². The van der Waals surface area contributed by atoms with Gasteiger partial charge in [0.25, 0.3) is 0 Å². The zero-order chi connectivity index (χ0) is 12.3. The van der Waals surface area contributed by atoms with Crippen LogP contribution in [0.4, 0.5) is 5.69 Å². The summed E-state index contributed by atoms with van der Waals surface area (Å²) >= 11 is 0. The van der Waals surface area contributed by atoms with Gasteiger partial charge in [-0.1, -0.05) is 0 Å². The maximum absolute atomic E-state index is 11.3. The summed E-state index contributed by atoms with van der Waals surface area (Å²) in [5, 5.41) is 9.53. The van der Waals surface area contributed by atoms with Crippen molar-refractivity contribution in [2.75, 3.05) is 20.0 Å². The minimum absolute atomic E-state index is 0.122. The average molecular weight is 225 g/mol. The predicted molar refractivity (Wildman–Crippen MR) is 59.5 cm³/mol. The molecule has 1 rings (SSSR count). The third-order valence-corrected chi connectivity index (χ3v) is 2.40. The second kappa shape index (κ2) is 4.74. The van der Waals surface area contributed by atoms with Gasteiger partial charge in [0.15, 0.2) is 11.5 Å². The molecule has 3 N–H and O–H groups in total. The Bertz CT molecular complexity index is 403. The van der Waals surface area contributed by atoms with Crippen LogP contribution in [-0.4, -0.2) is 25.3 Å². The molecule has 16 heavy (non-hydrogen) atoms. The molecule has 0 spiro atoms. The largest absolute Gasteiger partial charge is 0.503 e. The number of rotatable bonds is 3. The van der Waals surface area contributed by atoms with Crippen molar-refractivity contribution >= 4 is 11.7 Å². The van der Waals surface area contributed by atoms with Crippen LogP contribution in [0.25, 0.3) is 0 Å². The van der Waals surface area contributed by atoms with E-state index >= 15 is 0 Å². The Morgan fingerprint density at radius 3 is 2.56 bits per heavy atom. The zero-order valence-electron chi connectivity index (χ0n) is 9.48. The molecule has 0 saturated carbocycles. The van der Waals surface area contributed by atoms with E-state index in [1.807, 2.05) is 0 Å². The van der Waals surface area contributed by atoms with E-state index in [1.165, 1.54) is 20.3 Å². The fourth-order valence-electron chi connectivity index (χ4n) is 1.37. The lowest BCUT2D eigenvalue weighted by Gasteiger charge is -2.13. The molecule has 0 aromatic heterocycles. The number of benzene rings is 1. The van der Waals surface area contributed by atoms with Gasteiger partial charge in [0.2, 0.25) is 0 Å². The standard InChI is InChI=1S/C11H15NO4/c1-6(11(14)16-3)7-4-8(12)10(13)9(5-7)15-2/h4-6,13H,12H2,1-3H3. The highest BCUT2D eigenvalue weighted by Crippen LogP contribution is 2.35. The highest BCUT2D eigenvalue weighted by molar-refractivity contribution is 5.79. The normalized spacial score (nSPS) is 11.9. The molecule has 0 aliphatic heterocycles. The summed E-state index contributed by atoms with van der Waals surface area (Å²) in [5.74, 6) is -0.706. The number of aromatic hydroxyl groups is 1. The Morgan fingerprint density at radius 2 is 2.06 bits per heavy atom. The van der Waals surface area contributed by atoms with E-state index in [0.29, 0.717) is 5.56 Å². The molecule has 0 saturated heterocycles.